The Morgan fingerprint density at radius 2 is 2.05 bits per heavy atom. The van der Waals surface area contributed by atoms with Crippen LogP contribution in [0.25, 0.3) is 0 Å². The molecule has 0 aromatic heterocycles. The second kappa shape index (κ2) is 5.90. The summed E-state index contributed by atoms with van der Waals surface area (Å²) in [6.45, 7) is 7.11. The number of rotatable bonds is 5. The minimum absolute atomic E-state index is 0.325. The van der Waals surface area contributed by atoms with Crippen molar-refractivity contribution in [1.29, 1.82) is 0 Å². The molecule has 1 atom stereocenters. The summed E-state index contributed by atoms with van der Waals surface area (Å²) < 4.78 is 0. The van der Waals surface area contributed by atoms with Crippen molar-refractivity contribution in [3.63, 3.8) is 0 Å². The summed E-state index contributed by atoms with van der Waals surface area (Å²) >= 11 is 0. The fourth-order valence-electron chi connectivity index (χ4n) is 4.49. The van der Waals surface area contributed by atoms with Crippen molar-refractivity contribution < 1.29 is 0 Å². The van der Waals surface area contributed by atoms with Gasteiger partial charge in [-0.25, -0.2) is 0 Å². The van der Waals surface area contributed by atoms with Crippen LogP contribution in [0.4, 0.5) is 11.4 Å². The summed E-state index contributed by atoms with van der Waals surface area (Å²) in [6.07, 6.45) is 9.64. The van der Waals surface area contributed by atoms with Crippen molar-refractivity contribution in [1.82, 2.24) is 0 Å². The van der Waals surface area contributed by atoms with Gasteiger partial charge in [0.05, 0.1) is 0 Å². The van der Waals surface area contributed by atoms with E-state index in [4.69, 9.17) is 5.73 Å². The van der Waals surface area contributed by atoms with Crippen LogP contribution in [0.5, 0.6) is 0 Å². The standard InChI is InChI=1S/C19H30N2/c1-3-4-11-21-14-19(2,13-15-7-5-6-8-15)17-10-9-16(20)12-18(17)21/h9-10,12,15H,3-8,11,13-14,20H2,1-2H3. The van der Waals surface area contributed by atoms with Crippen LogP contribution < -0.4 is 10.6 Å². The van der Waals surface area contributed by atoms with E-state index in [-0.39, 0.29) is 0 Å². The SMILES string of the molecule is CCCCN1CC(C)(CC2CCCC2)c2ccc(N)cc21. The van der Waals surface area contributed by atoms with Crippen molar-refractivity contribution in [2.24, 2.45) is 5.92 Å². The quantitative estimate of drug-likeness (QED) is 0.793. The Balaban J connectivity index is 1.85. The Kier molecular flexibility index (Phi) is 4.14. The fourth-order valence-corrected chi connectivity index (χ4v) is 4.49. The van der Waals surface area contributed by atoms with Crippen LogP contribution in [0, 0.1) is 5.92 Å². The minimum atomic E-state index is 0.325. The maximum absolute atomic E-state index is 6.05. The summed E-state index contributed by atoms with van der Waals surface area (Å²) in [5.74, 6) is 0.937. The molecule has 0 bridgehead atoms. The first kappa shape index (κ1) is 14.7. The van der Waals surface area contributed by atoms with Gasteiger partial charge >= 0.3 is 0 Å². The Morgan fingerprint density at radius 3 is 2.76 bits per heavy atom. The Labute approximate surface area is 129 Å². The van der Waals surface area contributed by atoms with E-state index in [1.54, 1.807) is 5.56 Å². The summed E-state index contributed by atoms with van der Waals surface area (Å²) in [7, 11) is 0. The number of hydrogen-bond donors (Lipinski definition) is 1. The van der Waals surface area contributed by atoms with Crippen LogP contribution in [0.15, 0.2) is 18.2 Å². The van der Waals surface area contributed by atoms with Gasteiger partial charge in [-0.3, -0.25) is 0 Å². The molecule has 0 amide bonds. The highest BCUT2D eigenvalue weighted by Gasteiger charge is 2.40. The molecule has 2 nitrogen and oxygen atoms in total. The first-order valence-electron chi connectivity index (χ1n) is 8.77. The Morgan fingerprint density at radius 1 is 1.29 bits per heavy atom. The smallest absolute Gasteiger partial charge is 0.0426 e. The van der Waals surface area contributed by atoms with E-state index in [1.165, 1.54) is 63.7 Å². The molecule has 1 saturated carbocycles. The maximum atomic E-state index is 6.05. The zero-order valence-corrected chi connectivity index (χ0v) is 13.7. The van der Waals surface area contributed by atoms with Gasteiger partial charge in [0.15, 0.2) is 0 Å². The Bertz CT molecular complexity index is 490. The van der Waals surface area contributed by atoms with Crippen LogP contribution >= 0.6 is 0 Å². The van der Waals surface area contributed by atoms with Gasteiger partial charge in [-0.2, -0.15) is 0 Å². The second-order valence-corrected chi connectivity index (χ2v) is 7.47. The third-order valence-corrected chi connectivity index (χ3v) is 5.55. The zero-order chi connectivity index (χ0) is 14.9. The molecule has 0 saturated heterocycles. The lowest BCUT2D eigenvalue weighted by Crippen LogP contribution is -2.33. The lowest BCUT2D eigenvalue weighted by atomic mass is 9.76. The number of fused-ring (bicyclic) bond motifs is 1. The van der Waals surface area contributed by atoms with Gasteiger partial charge in [0.2, 0.25) is 0 Å². The van der Waals surface area contributed by atoms with Gasteiger partial charge in [0.25, 0.3) is 0 Å². The average Bonchev–Trinajstić information content (AvgIpc) is 3.04. The monoisotopic (exact) mass is 286 g/mol. The van der Waals surface area contributed by atoms with Gasteiger partial charge in [-0.05, 0) is 36.5 Å². The van der Waals surface area contributed by atoms with Crippen LogP contribution in [-0.2, 0) is 5.41 Å². The number of unbranched alkanes of at least 4 members (excludes halogenated alkanes) is 1. The van der Waals surface area contributed by atoms with E-state index in [0.29, 0.717) is 5.41 Å². The minimum Gasteiger partial charge on any atom is -0.399 e. The predicted octanol–water partition coefficient (Wildman–Crippen LogP) is 4.73. The lowest BCUT2D eigenvalue weighted by Gasteiger charge is -2.29. The molecule has 2 N–H and O–H groups in total. The zero-order valence-electron chi connectivity index (χ0n) is 13.7. The number of hydrogen-bond acceptors (Lipinski definition) is 2. The molecule has 0 radical (unpaired) electrons. The molecule has 1 aliphatic carbocycles. The molecule has 1 fully saturated rings. The topological polar surface area (TPSA) is 29.3 Å². The van der Waals surface area contributed by atoms with Gasteiger partial charge in [0.1, 0.15) is 0 Å². The molecule has 2 aliphatic rings. The number of nitrogens with two attached hydrogens (primary N) is 1. The first-order valence-corrected chi connectivity index (χ1v) is 8.77. The van der Waals surface area contributed by atoms with E-state index < -0.39 is 0 Å². The molecule has 1 heterocycles. The van der Waals surface area contributed by atoms with Gasteiger partial charge in [-0.15, -0.1) is 0 Å². The molecule has 0 spiro atoms. The first-order chi connectivity index (χ1) is 10.1. The number of nitrogen functional groups attached to an aromatic ring is 1. The summed E-state index contributed by atoms with van der Waals surface area (Å²) in [5, 5.41) is 0. The molecule has 3 rings (SSSR count). The molecule has 2 heteroatoms. The second-order valence-electron chi connectivity index (χ2n) is 7.47. The number of benzene rings is 1. The third kappa shape index (κ3) is 2.90. The van der Waals surface area contributed by atoms with E-state index >= 15 is 0 Å². The van der Waals surface area contributed by atoms with Crippen molar-refractivity contribution in [3.05, 3.63) is 23.8 Å². The highest BCUT2D eigenvalue weighted by Crippen LogP contribution is 2.47. The highest BCUT2D eigenvalue weighted by molar-refractivity contribution is 5.67. The number of anilines is 2. The average molecular weight is 286 g/mol. The molecule has 1 aromatic rings. The van der Waals surface area contributed by atoms with Gasteiger partial charge in [0, 0.05) is 29.9 Å². The lowest BCUT2D eigenvalue weighted by molar-refractivity contribution is 0.355. The van der Waals surface area contributed by atoms with E-state index in [2.05, 4.69) is 36.9 Å². The molecule has 1 unspecified atom stereocenters. The highest BCUT2D eigenvalue weighted by atomic mass is 15.2. The third-order valence-electron chi connectivity index (χ3n) is 5.55. The molecular formula is C19H30N2. The molecule has 1 aliphatic heterocycles. The van der Waals surface area contributed by atoms with Gasteiger partial charge < -0.3 is 10.6 Å². The number of nitrogens with zero attached hydrogens (tertiary/aromatic N) is 1. The maximum Gasteiger partial charge on any atom is 0.0426 e. The van der Waals surface area contributed by atoms with Crippen molar-refractivity contribution in [2.75, 3.05) is 23.7 Å². The fraction of sp³-hybridized carbons (Fsp3) is 0.684. The van der Waals surface area contributed by atoms with Crippen molar-refractivity contribution in [3.8, 4) is 0 Å². The largest absolute Gasteiger partial charge is 0.399 e. The Hall–Kier alpha value is -1.18. The predicted molar refractivity (Wildman–Crippen MR) is 91.9 cm³/mol. The van der Waals surface area contributed by atoms with E-state index in [1.807, 2.05) is 0 Å². The molecule has 1 aromatic carbocycles. The normalized spacial score (nSPS) is 25.5. The van der Waals surface area contributed by atoms with Crippen LogP contribution in [0.2, 0.25) is 0 Å². The molecular weight excluding hydrogens is 256 g/mol. The van der Waals surface area contributed by atoms with E-state index in [9.17, 15) is 0 Å². The van der Waals surface area contributed by atoms with Crippen LogP contribution in [0.1, 0.15) is 64.4 Å². The van der Waals surface area contributed by atoms with Gasteiger partial charge in [-0.1, -0.05) is 52.0 Å². The summed E-state index contributed by atoms with van der Waals surface area (Å²) in [5.41, 5.74) is 10.2. The summed E-state index contributed by atoms with van der Waals surface area (Å²) in [6, 6.07) is 6.59. The van der Waals surface area contributed by atoms with Crippen LogP contribution in [-0.4, -0.2) is 13.1 Å². The molecule has 116 valence electrons. The van der Waals surface area contributed by atoms with Crippen molar-refractivity contribution >= 4 is 11.4 Å². The van der Waals surface area contributed by atoms with Crippen molar-refractivity contribution in [2.45, 2.75) is 64.2 Å². The molecule has 21 heavy (non-hydrogen) atoms. The summed E-state index contributed by atoms with van der Waals surface area (Å²) in [4.78, 5) is 2.59. The van der Waals surface area contributed by atoms with E-state index in [0.717, 1.165) is 11.6 Å². The van der Waals surface area contributed by atoms with Crippen LogP contribution in [0.3, 0.4) is 0 Å².